The summed E-state index contributed by atoms with van der Waals surface area (Å²) in [5.41, 5.74) is 0. The van der Waals surface area contributed by atoms with Crippen LogP contribution >= 0.6 is 0 Å². The molecule has 0 heterocycles. The lowest BCUT2D eigenvalue weighted by molar-refractivity contribution is 0.935. The van der Waals surface area contributed by atoms with E-state index in [0.717, 1.165) is 0 Å². The van der Waals surface area contributed by atoms with Crippen LogP contribution in [0.25, 0.3) is 0 Å². The molecule has 10 heavy (non-hydrogen) atoms. The van der Waals surface area contributed by atoms with Crippen LogP contribution in [0.3, 0.4) is 0 Å². The van der Waals surface area contributed by atoms with Crippen molar-refractivity contribution in [3.05, 3.63) is 12.7 Å². The van der Waals surface area contributed by atoms with E-state index in [1.54, 1.807) is 0 Å². The lowest BCUT2D eigenvalue weighted by atomic mass is 10.3. The minimum Gasteiger partial charge on any atom is -0.103 e. The first-order valence-corrected chi connectivity index (χ1v) is 6.90. The van der Waals surface area contributed by atoms with Crippen molar-refractivity contribution in [3.63, 3.8) is 0 Å². The van der Waals surface area contributed by atoms with Gasteiger partial charge in [0.25, 0.3) is 0 Å². The molecule has 0 aliphatic carbocycles. The highest BCUT2D eigenvalue weighted by Crippen LogP contribution is 2.09. The second-order valence-corrected chi connectivity index (χ2v) is 6.84. The van der Waals surface area contributed by atoms with E-state index in [4.69, 9.17) is 0 Å². The summed E-state index contributed by atoms with van der Waals surface area (Å²) in [5.74, 6) is 0. The largest absolute Gasteiger partial charge is 0.103 e. The molecular weight excluding hydrogens is 136 g/mol. The fourth-order valence-electron chi connectivity index (χ4n) is 1.25. The van der Waals surface area contributed by atoms with Crippen molar-refractivity contribution in [1.29, 1.82) is 0 Å². The summed E-state index contributed by atoms with van der Waals surface area (Å²) in [4.78, 5) is 0. The third-order valence-electron chi connectivity index (χ3n) is 2.18. The van der Waals surface area contributed by atoms with E-state index < -0.39 is 0 Å². The first-order valence-electron chi connectivity index (χ1n) is 4.46. The smallest absolute Gasteiger partial charge is 0.0362 e. The van der Waals surface area contributed by atoms with E-state index in [9.17, 15) is 0 Å². The molecule has 0 atom stereocenters. The summed E-state index contributed by atoms with van der Waals surface area (Å²) in [6, 6.07) is 4.49. The van der Waals surface area contributed by atoms with Crippen molar-refractivity contribution in [2.45, 2.75) is 44.8 Å². The van der Waals surface area contributed by atoms with Crippen LogP contribution in [-0.4, -0.2) is 8.80 Å². The van der Waals surface area contributed by atoms with Crippen molar-refractivity contribution in [2.24, 2.45) is 0 Å². The number of rotatable bonds is 6. The zero-order chi connectivity index (χ0) is 7.82. The van der Waals surface area contributed by atoms with Gasteiger partial charge in [-0.15, -0.1) is 6.58 Å². The van der Waals surface area contributed by atoms with Gasteiger partial charge in [-0.1, -0.05) is 44.5 Å². The molecular formula is C9H20Si. The quantitative estimate of drug-likeness (QED) is 0.315. The highest BCUT2D eigenvalue weighted by atomic mass is 28.3. The van der Waals surface area contributed by atoms with Gasteiger partial charge < -0.3 is 0 Å². The van der Waals surface area contributed by atoms with Gasteiger partial charge in [0, 0.05) is 8.80 Å². The first-order chi connectivity index (χ1) is 4.85. The molecule has 0 unspecified atom stereocenters. The van der Waals surface area contributed by atoms with Crippen LogP contribution in [0.4, 0.5) is 0 Å². The number of hydrogen-bond acceptors (Lipinski definition) is 0. The minimum absolute atomic E-state index is 0.271. The highest BCUT2D eigenvalue weighted by Gasteiger charge is 2.02. The van der Waals surface area contributed by atoms with Crippen molar-refractivity contribution in [2.75, 3.05) is 0 Å². The summed E-state index contributed by atoms with van der Waals surface area (Å²) >= 11 is 0. The van der Waals surface area contributed by atoms with Crippen LogP contribution in [0, 0.1) is 0 Å². The normalized spacial score (nSPS) is 10.3. The number of allylic oxidation sites excluding steroid dienone is 1. The first kappa shape index (κ1) is 9.96. The molecule has 0 saturated carbocycles. The average Bonchev–Trinajstić information content (AvgIpc) is 1.99. The maximum atomic E-state index is 3.72. The summed E-state index contributed by atoms with van der Waals surface area (Å²) in [6.45, 7) is 8.41. The van der Waals surface area contributed by atoms with Crippen LogP contribution in [-0.2, 0) is 0 Å². The van der Waals surface area contributed by atoms with Crippen LogP contribution in [0.15, 0.2) is 12.7 Å². The molecule has 0 bridgehead atoms. The molecule has 0 aromatic carbocycles. The Morgan fingerprint density at radius 1 is 1.30 bits per heavy atom. The third-order valence-corrected chi connectivity index (χ3v) is 5.71. The Labute approximate surface area is 66.9 Å². The lowest BCUT2D eigenvalue weighted by Gasteiger charge is -2.07. The molecule has 0 aromatic heterocycles. The fraction of sp³-hybridized carbons (Fsp3) is 0.778. The van der Waals surface area contributed by atoms with E-state index in [-0.39, 0.29) is 8.80 Å². The van der Waals surface area contributed by atoms with Gasteiger partial charge in [0.1, 0.15) is 0 Å². The fourth-order valence-corrected chi connectivity index (χ4v) is 3.45. The Hall–Kier alpha value is -0.0431. The van der Waals surface area contributed by atoms with Crippen LogP contribution in [0.2, 0.25) is 18.1 Å². The summed E-state index contributed by atoms with van der Waals surface area (Å²) < 4.78 is 0. The Balaban J connectivity index is 3.16. The van der Waals surface area contributed by atoms with Crippen LogP contribution in [0.5, 0.6) is 0 Å². The molecule has 0 spiro atoms. The standard InChI is InChI=1S/C9H20Si/c1-4-7-8-9-10(5-2)6-3/h4,10H,1,5-9H2,2-3H3. The Morgan fingerprint density at radius 3 is 2.30 bits per heavy atom. The van der Waals surface area contributed by atoms with E-state index in [2.05, 4.69) is 20.4 Å². The Bertz CT molecular complexity index is 74.8. The summed E-state index contributed by atoms with van der Waals surface area (Å²) in [5, 5.41) is 0. The molecule has 0 amide bonds. The van der Waals surface area contributed by atoms with Gasteiger partial charge in [-0.05, 0) is 6.42 Å². The lowest BCUT2D eigenvalue weighted by Crippen LogP contribution is -2.07. The SMILES string of the molecule is C=CCCC[SiH](CC)CC. The Morgan fingerprint density at radius 2 is 1.90 bits per heavy atom. The second kappa shape index (κ2) is 7.07. The second-order valence-electron chi connectivity index (χ2n) is 2.90. The molecule has 0 radical (unpaired) electrons. The number of unbranched alkanes of at least 4 members (excludes halogenated alkanes) is 1. The average molecular weight is 156 g/mol. The maximum Gasteiger partial charge on any atom is 0.0362 e. The molecule has 0 aromatic rings. The van der Waals surface area contributed by atoms with Gasteiger partial charge >= 0.3 is 0 Å². The van der Waals surface area contributed by atoms with E-state index >= 15 is 0 Å². The zero-order valence-electron chi connectivity index (χ0n) is 7.40. The molecule has 0 nitrogen and oxygen atoms in total. The number of hydrogen-bond donors (Lipinski definition) is 0. The van der Waals surface area contributed by atoms with Gasteiger partial charge in [0.15, 0.2) is 0 Å². The van der Waals surface area contributed by atoms with Gasteiger partial charge in [0.2, 0.25) is 0 Å². The molecule has 0 aliphatic rings. The van der Waals surface area contributed by atoms with Gasteiger partial charge in [0.05, 0.1) is 0 Å². The molecule has 1 heteroatoms. The van der Waals surface area contributed by atoms with E-state index in [1.807, 2.05) is 6.08 Å². The van der Waals surface area contributed by atoms with Crippen molar-refractivity contribution < 1.29 is 0 Å². The predicted octanol–water partition coefficient (Wildman–Crippen LogP) is 3.22. The maximum absolute atomic E-state index is 3.72. The predicted molar refractivity (Wildman–Crippen MR) is 52.3 cm³/mol. The van der Waals surface area contributed by atoms with Crippen molar-refractivity contribution >= 4 is 8.80 Å². The van der Waals surface area contributed by atoms with Gasteiger partial charge in [-0.25, -0.2) is 0 Å². The van der Waals surface area contributed by atoms with Gasteiger partial charge in [-0.3, -0.25) is 0 Å². The molecule has 0 rings (SSSR count). The topological polar surface area (TPSA) is 0 Å². The zero-order valence-corrected chi connectivity index (χ0v) is 8.55. The van der Waals surface area contributed by atoms with Gasteiger partial charge in [-0.2, -0.15) is 0 Å². The summed E-state index contributed by atoms with van der Waals surface area (Å²) in [7, 11) is -0.271. The van der Waals surface area contributed by atoms with E-state index in [1.165, 1.54) is 31.0 Å². The van der Waals surface area contributed by atoms with Crippen molar-refractivity contribution in [3.8, 4) is 0 Å². The van der Waals surface area contributed by atoms with Crippen LogP contribution in [0.1, 0.15) is 26.7 Å². The highest BCUT2D eigenvalue weighted by molar-refractivity contribution is 6.58. The minimum atomic E-state index is -0.271. The van der Waals surface area contributed by atoms with Crippen LogP contribution < -0.4 is 0 Å². The Kier molecular flexibility index (Phi) is 7.04. The third kappa shape index (κ3) is 4.80. The molecule has 0 saturated heterocycles. The molecule has 60 valence electrons. The molecule has 0 fully saturated rings. The van der Waals surface area contributed by atoms with E-state index in [0.29, 0.717) is 0 Å². The van der Waals surface area contributed by atoms with Crippen molar-refractivity contribution in [1.82, 2.24) is 0 Å². The summed E-state index contributed by atoms with van der Waals surface area (Å²) in [6.07, 6.45) is 4.66. The monoisotopic (exact) mass is 156 g/mol. The molecule has 0 aliphatic heterocycles. The molecule has 0 N–H and O–H groups in total.